The van der Waals surface area contributed by atoms with E-state index >= 15 is 0 Å². The Balaban J connectivity index is 0.00000306. The van der Waals surface area contributed by atoms with Gasteiger partial charge in [-0.2, -0.15) is 0 Å². The molecule has 4 fully saturated rings. The molecule has 2 bridgehead atoms. The molecule has 0 spiro atoms. The predicted molar refractivity (Wildman–Crippen MR) is 130 cm³/mol. The van der Waals surface area contributed by atoms with Crippen LogP contribution in [0, 0.1) is 23.2 Å². The second-order valence-electron chi connectivity index (χ2n) is 10.7. The minimum atomic E-state index is 0. The molecule has 0 N–H and O–H groups in total. The second-order valence-corrected chi connectivity index (χ2v) is 11.5. The van der Waals surface area contributed by atoms with E-state index in [4.69, 9.17) is 18.9 Å². The maximum atomic E-state index is 6.23. The highest BCUT2D eigenvalue weighted by molar-refractivity contribution is 9.10. The summed E-state index contributed by atoms with van der Waals surface area (Å²) in [6.45, 7) is 12.3. The molecule has 0 amide bonds. The summed E-state index contributed by atoms with van der Waals surface area (Å²) in [6, 6.07) is 4.12. The minimum absolute atomic E-state index is 0. The third-order valence-corrected chi connectivity index (χ3v) is 9.56. The van der Waals surface area contributed by atoms with Gasteiger partial charge in [0.1, 0.15) is 26.2 Å². The Morgan fingerprint density at radius 2 is 1.76 bits per heavy atom. The third-order valence-electron chi connectivity index (χ3n) is 8.82. The van der Waals surface area contributed by atoms with Gasteiger partial charge < -0.3 is 40.4 Å². The zero-order valence-electron chi connectivity index (χ0n) is 20.7. The maximum absolute atomic E-state index is 6.23. The van der Waals surface area contributed by atoms with E-state index in [0.717, 1.165) is 90.8 Å². The van der Waals surface area contributed by atoms with Crippen LogP contribution in [0.25, 0.3) is 0 Å². The van der Waals surface area contributed by atoms with Crippen molar-refractivity contribution in [3.8, 4) is 11.5 Å². The fourth-order valence-corrected chi connectivity index (χ4v) is 6.92. The number of ether oxygens (including phenoxy) is 4. The van der Waals surface area contributed by atoms with Gasteiger partial charge in [-0.15, -0.1) is 0 Å². The molecule has 3 saturated carbocycles. The molecular weight excluding hydrogens is 550 g/mol. The average Bonchev–Trinajstić information content (AvgIpc) is 2.80. The Bertz CT molecular complexity index is 780. The van der Waals surface area contributed by atoms with Crippen LogP contribution in [0.4, 0.5) is 0 Å². The second kappa shape index (κ2) is 11.6. The van der Waals surface area contributed by atoms with Crippen molar-refractivity contribution in [1.29, 1.82) is 0 Å². The number of nitrogens with zero attached hydrogens (tertiary/aromatic N) is 1. The van der Waals surface area contributed by atoms with Gasteiger partial charge in [0.05, 0.1) is 34.0 Å². The van der Waals surface area contributed by atoms with Crippen molar-refractivity contribution in [3.63, 3.8) is 0 Å². The van der Waals surface area contributed by atoms with Crippen LogP contribution in [-0.2, 0) is 16.0 Å². The molecule has 0 radical (unpaired) electrons. The molecule has 0 aromatic heterocycles. The number of halogens is 2. The SMILES string of the molecule is COc1cc(Br)c(C[N+]2(CCOCCC3CC[C@@H]4C[C@H]3C4(C)C)CCOCC2)cc1OC.[Br-]. The van der Waals surface area contributed by atoms with Gasteiger partial charge in [0.25, 0.3) is 0 Å². The topological polar surface area (TPSA) is 36.9 Å². The fraction of sp³-hybridized carbons (Fsp3) is 0.769. The number of hydrogen-bond acceptors (Lipinski definition) is 4. The third kappa shape index (κ3) is 5.91. The number of fused-ring (bicyclic) bond motifs is 2. The monoisotopic (exact) mass is 589 g/mol. The van der Waals surface area contributed by atoms with Crippen LogP contribution in [-0.4, -0.2) is 64.8 Å². The van der Waals surface area contributed by atoms with Gasteiger partial charge >= 0.3 is 0 Å². The van der Waals surface area contributed by atoms with Crippen molar-refractivity contribution in [2.45, 2.75) is 46.1 Å². The first-order chi connectivity index (χ1) is 15.4. The van der Waals surface area contributed by atoms with Crippen molar-refractivity contribution >= 4 is 15.9 Å². The highest BCUT2D eigenvalue weighted by Crippen LogP contribution is 2.61. The van der Waals surface area contributed by atoms with Crippen LogP contribution in [0.3, 0.4) is 0 Å². The van der Waals surface area contributed by atoms with Crippen LogP contribution in [0.1, 0.15) is 45.1 Å². The number of benzene rings is 1. The summed E-state index contributed by atoms with van der Waals surface area (Å²) in [6.07, 6.45) is 5.52. The van der Waals surface area contributed by atoms with E-state index in [2.05, 4.69) is 35.8 Å². The summed E-state index contributed by atoms with van der Waals surface area (Å²) in [5, 5.41) is 0. The van der Waals surface area contributed by atoms with E-state index in [1.54, 1.807) is 14.2 Å². The highest BCUT2D eigenvalue weighted by Gasteiger charge is 2.53. The maximum Gasteiger partial charge on any atom is 0.161 e. The largest absolute Gasteiger partial charge is 1.00 e. The van der Waals surface area contributed by atoms with Crippen molar-refractivity contribution in [2.75, 3.05) is 60.3 Å². The molecular formula is C26H41Br2NO4. The van der Waals surface area contributed by atoms with E-state index in [1.807, 2.05) is 6.07 Å². The standard InChI is InChI=1S/C26H41BrNO4.BrH/c1-26(2)21-6-5-19(22(26)16-21)7-11-31-12-8-28(9-13-32-14-10-28)18-20-15-24(29-3)25(30-4)17-23(20)27;/h15,17,19,21-22H,5-14,16,18H2,1-4H3;1H/q+1;/p-1/t19?,21-,22-;/m1./s1. The van der Waals surface area contributed by atoms with Gasteiger partial charge in [0.15, 0.2) is 11.5 Å². The molecule has 7 heteroatoms. The van der Waals surface area contributed by atoms with Gasteiger partial charge in [-0.3, -0.25) is 0 Å². The molecule has 1 heterocycles. The molecule has 1 saturated heterocycles. The summed E-state index contributed by atoms with van der Waals surface area (Å²) in [4.78, 5) is 0. The Kier molecular flexibility index (Phi) is 9.58. The Morgan fingerprint density at radius 3 is 2.39 bits per heavy atom. The smallest absolute Gasteiger partial charge is 0.161 e. The molecule has 4 aliphatic rings. The summed E-state index contributed by atoms with van der Waals surface area (Å²) < 4.78 is 25.0. The van der Waals surface area contributed by atoms with Crippen molar-refractivity contribution in [2.24, 2.45) is 23.2 Å². The van der Waals surface area contributed by atoms with E-state index in [-0.39, 0.29) is 17.0 Å². The summed E-state index contributed by atoms with van der Waals surface area (Å²) in [5.41, 5.74) is 1.81. The highest BCUT2D eigenvalue weighted by atomic mass is 79.9. The number of quaternary nitrogens is 1. The van der Waals surface area contributed by atoms with Crippen molar-refractivity contribution in [1.82, 2.24) is 0 Å². The summed E-state index contributed by atoms with van der Waals surface area (Å²) in [5.74, 6) is 4.30. The first-order valence-corrected chi connectivity index (χ1v) is 13.1. The first kappa shape index (κ1) is 27.3. The van der Waals surface area contributed by atoms with Crippen molar-refractivity contribution in [3.05, 3.63) is 22.2 Å². The van der Waals surface area contributed by atoms with E-state index in [9.17, 15) is 0 Å². The quantitative estimate of drug-likeness (QED) is 0.310. The number of rotatable bonds is 10. The molecule has 1 aromatic carbocycles. The van der Waals surface area contributed by atoms with Crippen LogP contribution < -0.4 is 26.5 Å². The summed E-state index contributed by atoms with van der Waals surface area (Å²) in [7, 11) is 3.37. The van der Waals surface area contributed by atoms with Crippen LogP contribution >= 0.6 is 15.9 Å². The summed E-state index contributed by atoms with van der Waals surface area (Å²) >= 11 is 3.75. The minimum Gasteiger partial charge on any atom is -1.00 e. The Hall–Kier alpha value is -0.340. The fourth-order valence-electron chi connectivity index (χ4n) is 6.47. The lowest BCUT2D eigenvalue weighted by molar-refractivity contribution is -0.947. The molecule has 1 aliphatic heterocycles. The first-order valence-electron chi connectivity index (χ1n) is 12.3. The molecule has 1 unspecified atom stereocenters. The van der Waals surface area contributed by atoms with Crippen LogP contribution in [0.5, 0.6) is 11.5 Å². The van der Waals surface area contributed by atoms with Crippen LogP contribution in [0.15, 0.2) is 16.6 Å². The van der Waals surface area contributed by atoms with Gasteiger partial charge in [0.2, 0.25) is 0 Å². The number of methoxy groups -OCH3 is 2. The van der Waals surface area contributed by atoms with E-state index in [1.165, 1.54) is 31.2 Å². The Morgan fingerprint density at radius 1 is 1.06 bits per heavy atom. The van der Waals surface area contributed by atoms with E-state index < -0.39 is 0 Å². The molecule has 1 aromatic rings. The zero-order chi connectivity index (χ0) is 22.8. The predicted octanol–water partition coefficient (Wildman–Crippen LogP) is 2.30. The lowest BCUT2D eigenvalue weighted by Gasteiger charge is -2.60. The average molecular weight is 591 g/mol. The van der Waals surface area contributed by atoms with Gasteiger partial charge in [-0.25, -0.2) is 0 Å². The van der Waals surface area contributed by atoms with E-state index in [0.29, 0.717) is 5.41 Å². The molecule has 3 atom stereocenters. The molecule has 3 aliphatic carbocycles. The molecule has 5 rings (SSSR count). The normalized spacial score (nSPS) is 27.2. The lowest BCUT2D eigenvalue weighted by Crippen LogP contribution is -3.00. The number of hydrogen-bond donors (Lipinski definition) is 0. The molecule has 188 valence electrons. The Labute approximate surface area is 219 Å². The molecule has 5 nitrogen and oxygen atoms in total. The van der Waals surface area contributed by atoms with Crippen molar-refractivity contribution < 1.29 is 40.4 Å². The zero-order valence-corrected chi connectivity index (χ0v) is 23.9. The number of morpholine rings is 1. The molecule has 33 heavy (non-hydrogen) atoms. The van der Waals surface area contributed by atoms with Crippen LogP contribution in [0.2, 0.25) is 0 Å². The van der Waals surface area contributed by atoms with Gasteiger partial charge in [-0.05, 0) is 61.0 Å². The van der Waals surface area contributed by atoms with Gasteiger partial charge in [-0.1, -0.05) is 29.8 Å². The lowest BCUT2D eigenvalue weighted by atomic mass is 9.45. The van der Waals surface area contributed by atoms with Gasteiger partial charge in [0, 0.05) is 16.6 Å².